The molecule has 0 aliphatic heterocycles. The Morgan fingerprint density at radius 1 is 1.30 bits per heavy atom. The molecule has 0 unspecified atom stereocenters. The number of carbonyl (C=O) groups is 1. The topological polar surface area (TPSA) is 72.2 Å². The molecule has 5 nitrogen and oxygen atoms in total. The molecule has 106 valence electrons. The van der Waals surface area contributed by atoms with Crippen molar-refractivity contribution in [2.45, 2.75) is 31.7 Å². The number of nitro benzene ring substituents is 1. The number of nitro groups is 1. The minimum atomic E-state index is -0.975. The van der Waals surface area contributed by atoms with E-state index in [1.807, 2.05) is 0 Å². The van der Waals surface area contributed by atoms with E-state index < -0.39 is 16.4 Å². The summed E-state index contributed by atoms with van der Waals surface area (Å²) in [6, 6.07) is 3.45. The molecule has 0 radical (unpaired) electrons. The first-order valence-electron chi connectivity index (χ1n) is 6.81. The average Bonchev–Trinajstić information content (AvgIpc) is 3.28. The maximum Gasteiger partial charge on any atom is 0.304 e. The van der Waals surface area contributed by atoms with Crippen LogP contribution < -0.4 is 5.32 Å². The Bertz CT molecular complexity index is 556. The van der Waals surface area contributed by atoms with Crippen LogP contribution in [-0.4, -0.2) is 16.9 Å². The van der Waals surface area contributed by atoms with E-state index in [4.69, 9.17) is 0 Å². The van der Waals surface area contributed by atoms with Crippen molar-refractivity contribution in [2.24, 2.45) is 11.8 Å². The highest BCUT2D eigenvalue weighted by atomic mass is 19.1. The van der Waals surface area contributed by atoms with Gasteiger partial charge in [0.1, 0.15) is 0 Å². The van der Waals surface area contributed by atoms with Crippen molar-refractivity contribution >= 4 is 11.6 Å². The van der Waals surface area contributed by atoms with Gasteiger partial charge in [0, 0.05) is 17.7 Å². The van der Waals surface area contributed by atoms with Crippen molar-refractivity contribution < 1.29 is 14.1 Å². The van der Waals surface area contributed by atoms with Crippen molar-refractivity contribution in [3.63, 3.8) is 0 Å². The molecule has 0 heterocycles. The molecule has 1 amide bonds. The van der Waals surface area contributed by atoms with Crippen LogP contribution in [0.4, 0.5) is 10.1 Å². The van der Waals surface area contributed by atoms with Gasteiger partial charge in [0.2, 0.25) is 5.82 Å². The molecule has 0 spiro atoms. The molecule has 6 heteroatoms. The summed E-state index contributed by atoms with van der Waals surface area (Å²) in [5, 5.41) is 13.5. The summed E-state index contributed by atoms with van der Waals surface area (Å²) in [6.07, 6.45) is 4.54. The minimum Gasteiger partial charge on any atom is -0.349 e. The van der Waals surface area contributed by atoms with Gasteiger partial charge < -0.3 is 5.32 Å². The second-order valence-corrected chi connectivity index (χ2v) is 5.60. The van der Waals surface area contributed by atoms with Gasteiger partial charge in [-0.15, -0.1) is 0 Å². The molecule has 20 heavy (non-hydrogen) atoms. The highest BCUT2D eigenvalue weighted by molar-refractivity contribution is 5.94. The number of halogens is 1. The zero-order chi connectivity index (χ0) is 14.3. The number of benzene rings is 1. The van der Waals surface area contributed by atoms with Gasteiger partial charge in [-0.25, -0.2) is 0 Å². The summed E-state index contributed by atoms with van der Waals surface area (Å²) in [4.78, 5) is 21.8. The molecule has 1 aromatic rings. The summed E-state index contributed by atoms with van der Waals surface area (Å²) < 4.78 is 13.5. The normalized spacial score (nSPS) is 18.1. The van der Waals surface area contributed by atoms with Crippen LogP contribution in [0.25, 0.3) is 0 Å². The number of nitrogens with zero attached hydrogens (tertiary/aromatic N) is 1. The highest BCUT2D eigenvalue weighted by Crippen LogP contribution is 2.44. The highest BCUT2D eigenvalue weighted by Gasteiger charge is 2.42. The molecule has 2 saturated carbocycles. The molecule has 2 fully saturated rings. The van der Waals surface area contributed by atoms with E-state index in [-0.39, 0.29) is 17.5 Å². The molecule has 2 aliphatic carbocycles. The number of nitrogens with one attached hydrogen (secondary N) is 1. The molecule has 0 atom stereocenters. The molecule has 0 bridgehead atoms. The van der Waals surface area contributed by atoms with Crippen LogP contribution in [0.5, 0.6) is 0 Å². The second kappa shape index (κ2) is 4.85. The number of amides is 1. The van der Waals surface area contributed by atoms with E-state index in [1.165, 1.54) is 6.07 Å². The molecule has 2 aliphatic rings. The van der Waals surface area contributed by atoms with Gasteiger partial charge in [-0.3, -0.25) is 14.9 Å². The second-order valence-electron chi connectivity index (χ2n) is 5.60. The van der Waals surface area contributed by atoms with E-state index in [9.17, 15) is 19.3 Å². The van der Waals surface area contributed by atoms with E-state index in [0.717, 1.165) is 37.8 Å². The summed E-state index contributed by atoms with van der Waals surface area (Å²) in [5.74, 6) is -0.219. The standard InChI is InChI=1S/C14H15FN2O3/c15-11-7-10(5-6-12(11)17(19)20)14(18)16-13(8-1-2-8)9-3-4-9/h5-9,13H,1-4H2,(H,16,18). The summed E-state index contributed by atoms with van der Waals surface area (Å²) in [6.45, 7) is 0. The number of hydrogen-bond acceptors (Lipinski definition) is 3. The van der Waals surface area contributed by atoms with Gasteiger partial charge in [0.15, 0.2) is 0 Å². The zero-order valence-corrected chi connectivity index (χ0v) is 10.8. The van der Waals surface area contributed by atoms with Crippen molar-refractivity contribution in [3.05, 3.63) is 39.7 Å². The third-order valence-corrected chi connectivity index (χ3v) is 3.96. The van der Waals surface area contributed by atoms with Gasteiger partial charge in [-0.05, 0) is 49.7 Å². The van der Waals surface area contributed by atoms with Crippen LogP contribution in [0.2, 0.25) is 0 Å². The fraction of sp³-hybridized carbons (Fsp3) is 0.500. The number of carbonyl (C=O) groups excluding carboxylic acids is 1. The Labute approximate surface area is 115 Å². The number of hydrogen-bond donors (Lipinski definition) is 1. The third-order valence-electron chi connectivity index (χ3n) is 3.96. The minimum absolute atomic E-state index is 0.138. The van der Waals surface area contributed by atoms with Crippen LogP contribution in [-0.2, 0) is 0 Å². The smallest absolute Gasteiger partial charge is 0.304 e. The Morgan fingerprint density at radius 2 is 1.90 bits per heavy atom. The predicted octanol–water partition coefficient (Wildman–Crippen LogP) is 2.65. The van der Waals surface area contributed by atoms with Crippen molar-refractivity contribution in [1.82, 2.24) is 5.32 Å². The van der Waals surface area contributed by atoms with E-state index in [0.29, 0.717) is 11.8 Å². The van der Waals surface area contributed by atoms with Crippen molar-refractivity contribution in [2.75, 3.05) is 0 Å². The zero-order valence-electron chi connectivity index (χ0n) is 10.8. The van der Waals surface area contributed by atoms with Crippen LogP contribution in [0, 0.1) is 27.8 Å². The molecule has 1 N–H and O–H groups in total. The maximum absolute atomic E-state index is 13.5. The molecule has 3 rings (SSSR count). The van der Waals surface area contributed by atoms with Gasteiger partial charge in [-0.2, -0.15) is 4.39 Å². The van der Waals surface area contributed by atoms with E-state index in [2.05, 4.69) is 5.32 Å². The summed E-state index contributed by atoms with van der Waals surface area (Å²) in [5.41, 5.74) is -0.470. The lowest BCUT2D eigenvalue weighted by molar-refractivity contribution is -0.387. The maximum atomic E-state index is 13.5. The van der Waals surface area contributed by atoms with Crippen molar-refractivity contribution in [1.29, 1.82) is 0 Å². The van der Waals surface area contributed by atoms with E-state index in [1.54, 1.807) is 0 Å². The van der Waals surface area contributed by atoms with Crippen LogP contribution in [0.15, 0.2) is 18.2 Å². The Balaban J connectivity index is 1.73. The largest absolute Gasteiger partial charge is 0.349 e. The first-order valence-corrected chi connectivity index (χ1v) is 6.81. The quantitative estimate of drug-likeness (QED) is 0.664. The lowest BCUT2D eigenvalue weighted by atomic mass is 10.1. The number of rotatable bonds is 5. The summed E-state index contributed by atoms with van der Waals surface area (Å²) in [7, 11) is 0. The van der Waals surface area contributed by atoms with Crippen LogP contribution >= 0.6 is 0 Å². The first kappa shape index (κ1) is 13.0. The SMILES string of the molecule is O=C(NC(C1CC1)C1CC1)c1ccc([N+](=O)[O-])c(F)c1. The molecular formula is C14H15FN2O3. The lowest BCUT2D eigenvalue weighted by Gasteiger charge is -2.17. The Hall–Kier alpha value is -1.98. The first-order chi connectivity index (χ1) is 9.56. The third kappa shape index (κ3) is 2.64. The van der Waals surface area contributed by atoms with Gasteiger partial charge in [0.05, 0.1) is 4.92 Å². The van der Waals surface area contributed by atoms with E-state index >= 15 is 0 Å². The van der Waals surface area contributed by atoms with Crippen LogP contribution in [0.3, 0.4) is 0 Å². The van der Waals surface area contributed by atoms with Crippen LogP contribution in [0.1, 0.15) is 36.0 Å². The lowest BCUT2D eigenvalue weighted by Crippen LogP contribution is -2.38. The Morgan fingerprint density at radius 3 is 2.35 bits per heavy atom. The molecule has 1 aromatic carbocycles. The Kier molecular flexibility index (Phi) is 3.16. The summed E-state index contributed by atoms with van der Waals surface area (Å²) >= 11 is 0. The molecule has 0 aromatic heterocycles. The predicted molar refractivity (Wildman–Crippen MR) is 69.8 cm³/mol. The van der Waals surface area contributed by atoms with Gasteiger partial charge in [0.25, 0.3) is 5.91 Å². The van der Waals surface area contributed by atoms with Crippen molar-refractivity contribution in [3.8, 4) is 0 Å². The van der Waals surface area contributed by atoms with Gasteiger partial charge in [-0.1, -0.05) is 0 Å². The average molecular weight is 278 g/mol. The fourth-order valence-electron chi connectivity index (χ4n) is 2.56. The van der Waals surface area contributed by atoms with Gasteiger partial charge >= 0.3 is 5.69 Å². The monoisotopic (exact) mass is 278 g/mol. The fourth-order valence-corrected chi connectivity index (χ4v) is 2.56. The molecule has 0 saturated heterocycles. The molecular weight excluding hydrogens is 263 g/mol.